The van der Waals surface area contributed by atoms with Gasteiger partial charge in [-0.25, -0.2) is 0 Å². The second-order valence-corrected chi connectivity index (χ2v) is 5.47. The standard InChI is InChI=1S/C16H26N2O/c1-2-9-17-12-15-11-16(8-10-18-15)19-13-14-6-4-3-5-7-14/h8,10-11,14,17H,2-7,9,12-13H2,1H3. The molecule has 2 rings (SSSR count). The highest BCUT2D eigenvalue weighted by Gasteiger charge is 2.13. The predicted molar refractivity (Wildman–Crippen MR) is 78.3 cm³/mol. The molecule has 1 aromatic rings. The molecule has 19 heavy (non-hydrogen) atoms. The first-order chi connectivity index (χ1) is 9.38. The molecule has 0 aliphatic heterocycles. The molecule has 1 aliphatic rings. The van der Waals surface area contributed by atoms with Crippen LogP contribution in [0.3, 0.4) is 0 Å². The molecule has 1 saturated carbocycles. The summed E-state index contributed by atoms with van der Waals surface area (Å²) in [5.41, 5.74) is 1.06. The Morgan fingerprint density at radius 1 is 1.32 bits per heavy atom. The summed E-state index contributed by atoms with van der Waals surface area (Å²) in [6, 6.07) is 4.03. The van der Waals surface area contributed by atoms with Crippen molar-refractivity contribution in [3.8, 4) is 5.75 Å². The van der Waals surface area contributed by atoms with Gasteiger partial charge in [-0.2, -0.15) is 0 Å². The van der Waals surface area contributed by atoms with Crippen LogP contribution in [-0.4, -0.2) is 18.1 Å². The minimum Gasteiger partial charge on any atom is -0.493 e. The van der Waals surface area contributed by atoms with E-state index in [-0.39, 0.29) is 0 Å². The zero-order valence-corrected chi connectivity index (χ0v) is 12.0. The largest absolute Gasteiger partial charge is 0.493 e. The van der Waals surface area contributed by atoms with Gasteiger partial charge in [-0.3, -0.25) is 4.98 Å². The first-order valence-electron chi connectivity index (χ1n) is 7.67. The highest BCUT2D eigenvalue weighted by molar-refractivity contribution is 5.22. The molecular weight excluding hydrogens is 236 g/mol. The Kier molecular flexibility index (Phi) is 6.15. The summed E-state index contributed by atoms with van der Waals surface area (Å²) in [6.45, 7) is 4.90. The molecule has 0 bridgehead atoms. The number of nitrogens with zero attached hydrogens (tertiary/aromatic N) is 1. The minimum atomic E-state index is 0.753. The van der Waals surface area contributed by atoms with Crippen molar-refractivity contribution in [2.24, 2.45) is 5.92 Å². The molecule has 106 valence electrons. The minimum absolute atomic E-state index is 0.753. The number of ether oxygens (including phenoxy) is 1. The Labute approximate surface area is 116 Å². The van der Waals surface area contributed by atoms with Crippen LogP contribution in [0.15, 0.2) is 18.3 Å². The Bertz CT molecular complexity index is 362. The lowest BCUT2D eigenvalue weighted by atomic mass is 9.90. The van der Waals surface area contributed by atoms with Crippen molar-refractivity contribution in [3.63, 3.8) is 0 Å². The zero-order chi connectivity index (χ0) is 13.3. The van der Waals surface area contributed by atoms with Crippen LogP contribution in [0, 0.1) is 5.92 Å². The van der Waals surface area contributed by atoms with Gasteiger partial charge >= 0.3 is 0 Å². The molecule has 1 fully saturated rings. The van der Waals surface area contributed by atoms with Crippen LogP contribution in [0.25, 0.3) is 0 Å². The van der Waals surface area contributed by atoms with Crippen molar-refractivity contribution in [3.05, 3.63) is 24.0 Å². The molecule has 0 atom stereocenters. The van der Waals surface area contributed by atoms with E-state index in [4.69, 9.17) is 4.74 Å². The summed E-state index contributed by atoms with van der Waals surface area (Å²) in [6.07, 6.45) is 9.80. The number of aromatic nitrogens is 1. The summed E-state index contributed by atoms with van der Waals surface area (Å²) >= 11 is 0. The predicted octanol–water partition coefficient (Wildman–Crippen LogP) is 3.54. The van der Waals surface area contributed by atoms with Gasteiger partial charge in [0.2, 0.25) is 0 Å². The van der Waals surface area contributed by atoms with Crippen molar-refractivity contribution in [2.75, 3.05) is 13.2 Å². The van der Waals surface area contributed by atoms with E-state index in [1.165, 1.54) is 32.1 Å². The summed E-state index contributed by atoms with van der Waals surface area (Å²) in [5, 5.41) is 3.37. The number of hydrogen-bond acceptors (Lipinski definition) is 3. The fraction of sp³-hybridized carbons (Fsp3) is 0.688. The third-order valence-electron chi connectivity index (χ3n) is 3.73. The molecule has 0 radical (unpaired) electrons. The molecule has 0 spiro atoms. The summed E-state index contributed by atoms with van der Waals surface area (Å²) in [7, 11) is 0. The van der Waals surface area contributed by atoms with E-state index in [1.54, 1.807) is 0 Å². The van der Waals surface area contributed by atoms with Crippen molar-refractivity contribution in [1.82, 2.24) is 10.3 Å². The van der Waals surface area contributed by atoms with Gasteiger partial charge in [0, 0.05) is 18.8 Å². The van der Waals surface area contributed by atoms with E-state index >= 15 is 0 Å². The van der Waals surface area contributed by atoms with E-state index in [0.29, 0.717) is 0 Å². The summed E-state index contributed by atoms with van der Waals surface area (Å²) < 4.78 is 5.92. The molecule has 1 aromatic heterocycles. The molecule has 3 heteroatoms. The number of pyridine rings is 1. The Hall–Kier alpha value is -1.09. The zero-order valence-electron chi connectivity index (χ0n) is 12.0. The van der Waals surface area contributed by atoms with Crippen LogP contribution in [0.2, 0.25) is 0 Å². The van der Waals surface area contributed by atoms with Crippen LogP contribution < -0.4 is 10.1 Å². The summed E-state index contributed by atoms with van der Waals surface area (Å²) in [4.78, 5) is 4.36. The monoisotopic (exact) mass is 262 g/mol. The van der Waals surface area contributed by atoms with Crippen LogP contribution in [0.1, 0.15) is 51.1 Å². The van der Waals surface area contributed by atoms with Crippen LogP contribution in [0.4, 0.5) is 0 Å². The highest BCUT2D eigenvalue weighted by Crippen LogP contribution is 2.24. The fourth-order valence-electron chi connectivity index (χ4n) is 2.60. The van der Waals surface area contributed by atoms with Crippen molar-refractivity contribution in [2.45, 2.75) is 52.0 Å². The molecule has 1 N–H and O–H groups in total. The number of rotatable bonds is 7. The van der Waals surface area contributed by atoms with Crippen molar-refractivity contribution in [1.29, 1.82) is 0 Å². The maximum Gasteiger partial charge on any atom is 0.122 e. The van der Waals surface area contributed by atoms with Gasteiger partial charge in [-0.15, -0.1) is 0 Å². The molecule has 0 aromatic carbocycles. The Morgan fingerprint density at radius 3 is 2.95 bits per heavy atom. The van der Waals surface area contributed by atoms with Gasteiger partial charge in [-0.1, -0.05) is 26.2 Å². The number of hydrogen-bond donors (Lipinski definition) is 1. The van der Waals surface area contributed by atoms with Crippen molar-refractivity contribution >= 4 is 0 Å². The highest BCUT2D eigenvalue weighted by atomic mass is 16.5. The molecule has 0 amide bonds. The fourth-order valence-corrected chi connectivity index (χ4v) is 2.60. The van der Waals surface area contributed by atoms with Crippen LogP contribution >= 0.6 is 0 Å². The van der Waals surface area contributed by atoms with Gasteiger partial charge in [-0.05, 0) is 37.8 Å². The maximum atomic E-state index is 5.92. The van der Waals surface area contributed by atoms with Gasteiger partial charge < -0.3 is 10.1 Å². The van der Waals surface area contributed by atoms with Gasteiger partial charge in [0.05, 0.1) is 12.3 Å². The average Bonchev–Trinajstić information content (AvgIpc) is 2.47. The number of nitrogens with one attached hydrogen (secondary N) is 1. The second-order valence-electron chi connectivity index (χ2n) is 5.47. The lowest BCUT2D eigenvalue weighted by Crippen LogP contribution is -2.16. The summed E-state index contributed by atoms with van der Waals surface area (Å²) in [5.74, 6) is 1.72. The van der Waals surface area contributed by atoms with Crippen LogP contribution in [0.5, 0.6) is 5.75 Å². The molecule has 1 aliphatic carbocycles. The topological polar surface area (TPSA) is 34.1 Å². The third-order valence-corrected chi connectivity index (χ3v) is 3.73. The molecule has 0 saturated heterocycles. The molecule has 1 heterocycles. The molecular formula is C16H26N2O. The first-order valence-corrected chi connectivity index (χ1v) is 7.67. The first kappa shape index (κ1) is 14.3. The van der Waals surface area contributed by atoms with Crippen LogP contribution in [-0.2, 0) is 6.54 Å². The SMILES string of the molecule is CCCNCc1cc(OCC2CCCCC2)ccn1. The van der Waals surface area contributed by atoms with Gasteiger partial charge in [0.1, 0.15) is 5.75 Å². The van der Waals surface area contributed by atoms with E-state index < -0.39 is 0 Å². The van der Waals surface area contributed by atoms with E-state index in [1.807, 2.05) is 12.3 Å². The van der Waals surface area contributed by atoms with Crippen molar-refractivity contribution < 1.29 is 4.74 Å². The Balaban J connectivity index is 1.77. The second kappa shape index (κ2) is 8.16. The molecule has 3 nitrogen and oxygen atoms in total. The van der Waals surface area contributed by atoms with E-state index in [9.17, 15) is 0 Å². The maximum absolute atomic E-state index is 5.92. The average molecular weight is 262 g/mol. The lowest BCUT2D eigenvalue weighted by Gasteiger charge is -2.21. The quantitative estimate of drug-likeness (QED) is 0.763. The van der Waals surface area contributed by atoms with Gasteiger partial charge in [0.25, 0.3) is 0 Å². The van der Waals surface area contributed by atoms with E-state index in [0.717, 1.165) is 43.5 Å². The van der Waals surface area contributed by atoms with E-state index in [2.05, 4.69) is 23.3 Å². The normalized spacial score (nSPS) is 16.5. The smallest absolute Gasteiger partial charge is 0.122 e. The lowest BCUT2D eigenvalue weighted by molar-refractivity contribution is 0.208. The van der Waals surface area contributed by atoms with Gasteiger partial charge in [0.15, 0.2) is 0 Å². The Morgan fingerprint density at radius 2 is 2.16 bits per heavy atom. The third kappa shape index (κ3) is 5.19. The molecule has 0 unspecified atom stereocenters.